The number of aliphatic hydroxyl groups excluding tert-OH is 1. The Labute approximate surface area is 116 Å². The lowest BCUT2D eigenvalue weighted by Gasteiger charge is -2.18. The number of benzene rings is 1. The predicted molar refractivity (Wildman–Crippen MR) is 76.1 cm³/mol. The number of pyridine rings is 1. The number of aromatic carboxylic acids is 1. The molecule has 1 unspecified atom stereocenters. The van der Waals surface area contributed by atoms with Gasteiger partial charge in [0.1, 0.15) is 5.82 Å². The Balaban J connectivity index is 2.06. The van der Waals surface area contributed by atoms with Crippen molar-refractivity contribution in [1.29, 1.82) is 0 Å². The summed E-state index contributed by atoms with van der Waals surface area (Å²) in [7, 11) is 0. The molecule has 1 fully saturated rings. The highest BCUT2D eigenvalue weighted by atomic mass is 16.4. The van der Waals surface area contributed by atoms with Crippen LogP contribution >= 0.6 is 0 Å². The Morgan fingerprint density at radius 1 is 1.40 bits per heavy atom. The van der Waals surface area contributed by atoms with Crippen molar-refractivity contribution in [1.82, 2.24) is 4.98 Å². The minimum atomic E-state index is -0.942. The number of carbonyl (C=O) groups is 1. The number of hydrogen-bond donors (Lipinski definition) is 2. The number of anilines is 1. The molecule has 0 spiro atoms. The van der Waals surface area contributed by atoms with Crippen molar-refractivity contribution < 1.29 is 15.0 Å². The number of aromatic nitrogens is 1. The molecular formula is C15H16N2O3. The second-order valence-corrected chi connectivity index (χ2v) is 5.13. The average Bonchev–Trinajstić information content (AvgIpc) is 2.95. The fourth-order valence-corrected chi connectivity index (χ4v) is 2.69. The molecular weight excluding hydrogens is 256 g/mol. The number of fused-ring (bicyclic) bond motifs is 1. The standard InChI is InChI=1S/C15H16N2O3/c18-9-10-5-6-17(8-10)14-7-12(15(19)20)11-3-1-2-4-13(11)16-14/h1-4,7,10,18H,5-6,8-9H2,(H,19,20). The second-order valence-electron chi connectivity index (χ2n) is 5.13. The third-order valence-electron chi connectivity index (χ3n) is 3.80. The maximum Gasteiger partial charge on any atom is 0.336 e. The number of aliphatic hydroxyl groups is 1. The molecule has 104 valence electrons. The normalized spacial score (nSPS) is 18.6. The van der Waals surface area contributed by atoms with Crippen LogP contribution in [-0.4, -0.2) is 40.9 Å². The first kappa shape index (κ1) is 12.9. The van der Waals surface area contributed by atoms with E-state index in [4.69, 9.17) is 0 Å². The highest BCUT2D eigenvalue weighted by Gasteiger charge is 2.24. The molecule has 1 saturated heterocycles. The molecule has 5 nitrogen and oxygen atoms in total. The summed E-state index contributed by atoms with van der Waals surface area (Å²) < 4.78 is 0. The molecule has 2 heterocycles. The molecule has 1 aliphatic rings. The molecule has 0 aliphatic carbocycles. The fourth-order valence-electron chi connectivity index (χ4n) is 2.69. The van der Waals surface area contributed by atoms with Gasteiger partial charge in [0.25, 0.3) is 0 Å². The third kappa shape index (κ3) is 2.20. The Kier molecular flexibility index (Phi) is 3.28. The predicted octanol–water partition coefficient (Wildman–Crippen LogP) is 1.75. The van der Waals surface area contributed by atoms with Crippen LogP contribution < -0.4 is 4.90 Å². The zero-order valence-electron chi connectivity index (χ0n) is 11.0. The molecule has 2 N–H and O–H groups in total. The van der Waals surface area contributed by atoms with Gasteiger partial charge < -0.3 is 15.1 Å². The van der Waals surface area contributed by atoms with Gasteiger partial charge in [-0.2, -0.15) is 0 Å². The number of carboxylic acid groups (broad SMARTS) is 1. The van der Waals surface area contributed by atoms with Gasteiger partial charge in [-0.15, -0.1) is 0 Å². The quantitative estimate of drug-likeness (QED) is 0.890. The SMILES string of the molecule is O=C(O)c1cc(N2CCC(CO)C2)nc2ccccc12. The van der Waals surface area contributed by atoms with Crippen LogP contribution in [0, 0.1) is 5.92 Å². The van der Waals surface area contributed by atoms with Crippen LogP contribution in [0.15, 0.2) is 30.3 Å². The molecule has 0 radical (unpaired) electrons. The molecule has 20 heavy (non-hydrogen) atoms. The van der Waals surface area contributed by atoms with E-state index in [0.717, 1.165) is 19.5 Å². The van der Waals surface area contributed by atoms with E-state index in [1.807, 2.05) is 23.1 Å². The smallest absolute Gasteiger partial charge is 0.336 e. The number of para-hydroxylation sites is 1. The van der Waals surface area contributed by atoms with Crippen LogP contribution in [0.25, 0.3) is 10.9 Å². The highest BCUT2D eigenvalue weighted by molar-refractivity contribution is 6.03. The summed E-state index contributed by atoms with van der Waals surface area (Å²) in [5.74, 6) is -0.0173. The van der Waals surface area contributed by atoms with Crippen molar-refractivity contribution in [3.63, 3.8) is 0 Å². The first-order valence-electron chi connectivity index (χ1n) is 6.68. The fraction of sp³-hybridized carbons (Fsp3) is 0.333. The van der Waals surface area contributed by atoms with Crippen molar-refractivity contribution in [2.45, 2.75) is 6.42 Å². The molecule has 5 heteroatoms. The van der Waals surface area contributed by atoms with Crippen LogP contribution in [0.2, 0.25) is 0 Å². The lowest BCUT2D eigenvalue weighted by molar-refractivity contribution is 0.0699. The minimum absolute atomic E-state index is 0.163. The lowest BCUT2D eigenvalue weighted by atomic mass is 10.1. The Hall–Kier alpha value is -2.14. The van der Waals surface area contributed by atoms with Gasteiger partial charge in [-0.3, -0.25) is 0 Å². The monoisotopic (exact) mass is 272 g/mol. The average molecular weight is 272 g/mol. The van der Waals surface area contributed by atoms with E-state index in [-0.39, 0.29) is 18.1 Å². The number of hydrogen-bond acceptors (Lipinski definition) is 4. The van der Waals surface area contributed by atoms with E-state index < -0.39 is 5.97 Å². The van der Waals surface area contributed by atoms with Crippen molar-refractivity contribution in [3.8, 4) is 0 Å². The van der Waals surface area contributed by atoms with E-state index in [1.165, 1.54) is 0 Å². The van der Waals surface area contributed by atoms with Gasteiger partial charge >= 0.3 is 5.97 Å². The van der Waals surface area contributed by atoms with E-state index >= 15 is 0 Å². The van der Waals surface area contributed by atoms with Gasteiger partial charge in [-0.1, -0.05) is 18.2 Å². The molecule has 1 aliphatic heterocycles. The van der Waals surface area contributed by atoms with Crippen molar-refractivity contribution in [2.75, 3.05) is 24.6 Å². The van der Waals surface area contributed by atoms with Gasteiger partial charge in [-0.25, -0.2) is 9.78 Å². The summed E-state index contributed by atoms with van der Waals surface area (Å²) in [6, 6.07) is 8.89. The van der Waals surface area contributed by atoms with Crippen LogP contribution in [0.4, 0.5) is 5.82 Å². The Morgan fingerprint density at radius 2 is 2.20 bits per heavy atom. The summed E-state index contributed by atoms with van der Waals surface area (Å²) in [5, 5.41) is 19.2. The molecule has 0 bridgehead atoms. The first-order valence-corrected chi connectivity index (χ1v) is 6.68. The lowest BCUT2D eigenvalue weighted by Crippen LogP contribution is -2.22. The largest absolute Gasteiger partial charge is 0.478 e. The molecule has 2 aromatic rings. The van der Waals surface area contributed by atoms with E-state index in [1.54, 1.807) is 12.1 Å². The molecule has 3 rings (SSSR count). The van der Waals surface area contributed by atoms with Gasteiger partial charge in [0.05, 0.1) is 11.1 Å². The second kappa shape index (κ2) is 5.09. The molecule has 1 aromatic carbocycles. The zero-order chi connectivity index (χ0) is 14.1. The number of nitrogens with zero attached hydrogens (tertiary/aromatic N) is 2. The number of rotatable bonds is 3. The maximum atomic E-state index is 11.4. The van der Waals surface area contributed by atoms with Crippen LogP contribution in [0.1, 0.15) is 16.8 Å². The van der Waals surface area contributed by atoms with Gasteiger partial charge in [0.2, 0.25) is 0 Å². The van der Waals surface area contributed by atoms with Gasteiger partial charge in [0.15, 0.2) is 0 Å². The Bertz CT molecular complexity index is 657. The minimum Gasteiger partial charge on any atom is -0.478 e. The van der Waals surface area contributed by atoms with Crippen LogP contribution in [0.3, 0.4) is 0 Å². The van der Waals surface area contributed by atoms with Crippen LogP contribution in [-0.2, 0) is 0 Å². The van der Waals surface area contributed by atoms with Crippen molar-refractivity contribution >= 4 is 22.7 Å². The molecule has 0 saturated carbocycles. The molecule has 1 atom stereocenters. The van der Waals surface area contributed by atoms with Gasteiger partial charge in [-0.05, 0) is 18.6 Å². The summed E-state index contributed by atoms with van der Waals surface area (Å²) in [6.07, 6.45) is 0.910. The molecule has 0 amide bonds. The van der Waals surface area contributed by atoms with E-state index in [2.05, 4.69) is 4.98 Å². The summed E-state index contributed by atoms with van der Waals surface area (Å²) in [4.78, 5) is 18.0. The third-order valence-corrected chi connectivity index (χ3v) is 3.80. The summed E-state index contributed by atoms with van der Waals surface area (Å²) >= 11 is 0. The summed E-state index contributed by atoms with van der Waals surface area (Å²) in [5.41, 5.74) is 0.966. The van der Waals surface area contributed by atoms with Gasteiger partial charge in [0, 0.05) is 31.0 Å². The van der Waals surface area contributed by atoms with Crippen molar-refractivity contribution in [2.24, 2.45) is 5.92 Å². The van der Waals surface area contributed by atoms with Crippen LogP contribution in [0.5, 0.6) is 0 Å². The molecule has 1 aromatic heterocycles. The topological polar surface area (TPSA) is 73.7 Å². The van der Waals surface area contributed by atoms with E-state index in [9.17, 15) is 15.0 Å². The van der Waals surface area contributed by atoms with Crippen molar-refractivity contribution in [3.05, 3.63) is 35.9 Å². The summed E-state index contributed by atoms with van der Waals surface area (Å²) in [6.45, 7) is 1.69. The van der Waals surface area contributed by atoms with E-state index in [0.29, 0.717) is 16.7 Å². The zero-order valence-corrected chi connectivity index (χ0v) is 11.0. The first-order chi connectivity index (χ1) is 9.69. The highest BCUT2D eigenvalue weighted by Crippen LogP contribution is 2.27. The number of carboxylic acids is 1. The Morgan fingerprint density at radius 3 is 2.90 bits per heavy atom. The maximum absolute atomic E-state index is 11.4.